The van der Waals surface area contributed by atoms with Crippen molar-refractivity contribution in [2.75, 3.05) is 26.0 Å². The molecule has 1 amide bonds. The second-order valence-corrected chi connectivity index (χ2v) is 8.35. The van der Waals surface area contributed by atoms with Crippen LogP contribution >= 0.6 is 0 Å². The van der Waals surface area contributed by atoms with Crippen LogP contribution in [0.1, 0.15) is 12.6 Å². The molecule has 0 aliphatic carbocycles. The lowest BCUT2D eigenvalue weighted by Gasteiger charge is -2.16. The molecule has 0 spiro atoms. The standard InChI is InChI=1S/C19H21N3O5S/c1-4-26-17-10-9-13(11-18(17)28(24,25)22(2)3)20-19(23)12-15-14-7-5-6-8-16(14)27-21-15/h5-11H,4,12H2,1-3H3,(H,20,23). The number of carbonyl (C=O) groups excluding carboxylic acids is 1. The Morgan fingerprint density at radius 1 is 1.21 bits per heavy atom. The van der Waals surface area contributed by atoms with Gasteiger partial charge in [-0.25, -0.2) is 12.7 Å². The van der Waals surface area contributed by atoms with E-state index in [1.165, 1.54) is 26.2 Å². The summed E-state index contributed by atoms with van der Waals surface area (Å²) >= 11 is 0. The highest BCUT2D eigenvalue weighted by Crippen LogP contribution is 2.29. The Balaban J connectivity index is 1.84. The Bertz CT molecular complexity index is 1110. The molecular formula is C19H21N3O5S. The maximum Gasteiger partial charge on any atom is 0.246 e. The fraction of sp³-hybridized carbons (Fsp3) is 0.263. The summed E-state index contributed by atoms with van der Waals surface area (Å²) in [4.78, 5) is 12.4. The summed E-state index contributed by atoms with van der Waals surface area (Å²) in [6.07, 6.45) is -0.0000113. The molecule has 0 saturated heterocycles. The molecule has 0 unspecified atom stereocenters. The van der Waals surface area contributed by atoms with Crippen LogP contribution in [0.25, 0.3) is 11.0 Å². The normalized spacial score (nSPS) is 11.7. The summed E-state index contributed by atoms with van der Waals surface area (Å²) in [6.45, 7) is 2.09. The quantitative estimate of drug-likeness (QED) is 0.651. The van der Waals surface area contributed by atoms with Gasteiger partial charge < -0.3 is 14.6 Å². The molecule has 1 aromatic heterocycles. The van der Waals surface area contributed by atoms with Crippen LogP contribution < -0.4 is 10.1 Å². The van der Waals surface area contributed by atoms with Crippen LogP contribution in [0.3, 0.4) is 0 Å². The van der Waals surface area contributed by atoms with E-state index in [1.54, 1.807) is 19.1 Å². The largest absolute Gasteiger partial charge is 0.492 e. The molecule has 3 aromatic rings. The Hall–Kier alpha value is -2.91. The van der Waals surface area contributed by atoms with Crippen molar-refractivity contribution in [3.05, 3.63) is 48.2 Å². The second kappa shape index (κ2) is 7.99. The number of amides is 1. The minimum absolute atomic E-state index is 0.0000113. The number of para-hydroxylation sites is 1. The third-order valence-electron chi connectivity index (χ3n) is 4.07. The van der Waals surface area contributed by atoms with Crippen LogP contribution in [0.2, 0.25) is 0 Å². The Kier molecular flexibility index (Phi) is 5.66. The van der Waals surface area contributed by atoms with Crippen molar-refractivity contribution in [3.63, 3.8) is 0 Å². The molecule has 8 nitrogen and oxygen atoms in total. The number of nitrogens with zero attached hydrogens (tertiary/aromatic N) is 2. The molecule has 0 bridgehead atoms. The molecule has 28 heavy (non-hydrogen) atoms. The van der Waals surface area contributed by atoms with Gasteiger partial charge in [-0.1, -0.05) is 17.3 Å². The number of hydrogen-bond acceptors (Lipinski definition) is 6. The predicted molar refractivity (Wildman–Crippen MR) is 105 cm³/mol. The first kappa shape index (κ1) is 19.8. The van der Waals surface area contributed by atoms with E-state index in [0.717, 1.165) is 9.69 Å². The Labute approximate surface area is 163 Å². The van der Waals surface area contributed by atoms with Crippen molar-refractivity contribution in [2.24, 2.45) is 0 Å². The van der Waals surface area contributed by atoms with Crippen LogP contribution in [-0.2, 0) is 21.2 Å². The van der Waals surface area contributed by atoms with E-state index in [2.05, 4.69) is 10.5 Å². The number of carbonyl (C=O) groups is 1. The van der Waals surface area contributed by atoms with Crippen LogP contribution in [0.15, 0.2) is 51.9 Å². The number of nitrogens with one attached hydrogen (secondary N) is 1. The number of anilines is 1. The SMILES string of the molecule is CCOc1ccc(NC(=O)Cc2noc3ccccc23)cc1S(=O)(=O)N(C)C. The highest BCUT2D eigenvalue weighted by atomic mass is 32.2. The second-order valence-electron chi connectivity index (χ2n) is 6.23. The first-order chi connectivity index (χ1) is 13.3. The number of aromatic nitrogens is 1. The van der Waals surface area contributed by atoms with Crippen LogP contribution in [0.5, 0.6) is 5.75 Å². The van der Waals surface area contributed by atoms with E-state index in [1.807, 2.05) is 18.2 Å². The molecule has 0 atom stereocenters. The van der Waals surface area contributed by atoms with E-state index in [4.69, 9.17) is 9.26 Å². The van der Waals surface area contributed by atoms with Gasteiger partial charge >= 0.3 is 0 Å². The van der Waals surface area contributed by atoms with Crippen molar-refractivity contribution in [1.82, 2.24) is 9.46 Å². The van der Waals surface area contributed by atoms with Gasteiger partial charge in [-0.2, -0.15) is 0 Å². The highest BCUT2D eigenvalue weighted by Gasteiger charge is 2.23. The molecule has 2 aromatic carbocycles. The van der Waals surface area contributed by atoms with Gasteiger partial charge in [0.1, 0.15) is 16.3 Å². The Morgan fingerprint density at radius 3 is 2.68 bits per heavy atom. The molecule has 0 radical (unpaired) electrons. The van der Waals surface area contributed by atoms with E-state index >= 15 is 0 Å². The van der Waals surface area contributed by atoms with Crippen molar-refractivity contribution >= 4 is 32.6 Å². The van der Waals surface area contributed by atoms with Gasteiger partial charge in [0.15, 0.2) is 5.58 Å². The fourth-order valence-corrected chi connectivity index (χ4v) is 3.73. The van der Waals surface area contributed by atoms with E-state index < -0.39 is 10.0 Å². The molecule has 9 heteroatoms. The van der Waals surface area contributed by atoms with Crippen LogP contribution in [0.4, 0.5) is 5.69 Å². The molecule has 1 heterocycles. The van der Waals surface area contributed by atoms with Gasteiger partial charge in [-0.15, -0.1) is 0 Å². The van der Waals surface area contributed by atoms with Gasteiger partial charge in [0.25, 0.3) is 0 Å². The van der Waals surface area contributed by atoms with E-state index in [9.17, 15) is 13.2 Å². The topological polar surface area (TPSA) is 102 Å². The van der Waals surface area contributed by atoms with Crippen molar-refractivity contribution in [2.45, 2.75) is 18.2 Å². The average molecular weight is 403 g/mol. The molecule has 1 N–H and O–H groups in total. The number of hydrogen-bond donors (Lipinski definition) is 1. The number of benzene rings is 2. The summed E-state index contributed by atoms with van der Waals surface area (Å²) in [7, 11) is -0.864. The zero-order chi connectivity index (χ0) is 20.3. The number of sulfonamides is 1. The number of ether oxygens (including phenoxy) is 1. The Morgan fingerprint density at radius 2 is 1.96 bits per heavy atom. The minimum Gasteiger partial charge on any atom is -0.492 e. The molecule has 0 aliphatic heterocycles. The summed E-state index contributed by atoms with van der Waals surface area (Å²) in [6, 6.07) is 11.8. The van der Waals surface area contributed by atoms with Gasteiger partial charge in [0.05, 0.1) is 13.0 Å². The molecule has 0 fully saturated rings. The molecule has 148 valence electrons. The maximum atomic E-state index is 12.6. The smallest absolute Gasteiger partial charge is 0.246 e. The van der Waals surface area contributed by atoms with Crippen molar-refractivity contribution < 1.29 is 22.5 Å². The lowest BCUT2D eigenvalue weighted by Crippen LogP contribution is -2.23. The van der Waals surface area contributed by atoms with Gasteiger partial charge in [0.2, 0.25) is 15.9 Å². The zero-order valence-electron chi connectivity index (χ0n) is 15.8. The first-order valence-electron chi connectivity index (χ1n) is 8.65. The molecule has 0 saturated carbocycles. The third kappa shape index (κ3) is 4.00. The summed E-state index contributed by atoms with van der Waals surface area (Å²) in [5.74, 6) is -0.104. The van der Waals surface area contributed by atoms with Gasteiger partial charge in [-0.3, -0.25) is 4.79 Å². The lowest BCUT2D eigenvalue weighted by molar-refractivity contribution is -0.115. The van der Waals surface area contributed by atoms with Crippen LogP contribution in [-0.4, -0.2) is 44.5 Å². The third-order valence-corrected chi connectivity index (χ3v) is 5.90. The number of rotatable bonds is 7. The monoisotopic (exact) mass is 403 g/mol. The number of fused-ring (bicyclic) bond motifs is 1. The summed E-state index contributed by atoms with van der Waals surface area (Å²) < 4.78 is 36.9. The lowest BCUT2D eigenvalue weighted by atomic mass is 10.1. The summed E-state index contributed by atoms with van der Waals surface area (Å²) in [5.41, 5.74) is 1.47. The maximum absolute atomic E-state index is 12.6. The zero-order valence-corrected chi connectivity index (χ0v) is 16.6. The van der Waals surface area contributed by atoms with Crippen molar-refractivity contribution in [1.29, 1.82) is 0 Å². The fourth-order valence-electron chi connectivity index (χ4n) is 2.68. The van der Waals surface area contributed by atoms with Crippen molar-refractivity contribution in [3.8, 4) is 5.75 Å². The molecular weight excluding hydrogens is 382 g/mol. The minimum atomic E-state index is -3.74. The molecule has 3 rings (SSSR count). The van der Waals surface area contributed by atoms with Gasteiger partial charge in [-0.05, 0) is 37.3 Å². The van der Waals surface area contributed by atoms with E-state index in [-0.39, 0.29) is 23.0 Å². The molecule has 0 aliphatic rings. The average Bonchev–Trinajstić information content (AvgIpc) is 3.06. The summed E-state index contributed by atoms with van der Waals surface area (Å²) in [5, 5.41) is 7.41. The van der Waals surface area contributed by atoms with E-state index in [0.29, 0.717) is 23.6 Å². The van der Waals surface area contributed by atoms with Gasteiger partial charge in [0, 0.05) is 25.2 Å². The predicted octanol–water partition coefficient (Wildman–Crippen LogP) is 2.66. The first-order valence-corrected chi connectivity index (χ1v) is 10.1. The van der Waals surface area contributed by atoms with Crippen LogP contribution in [0, 0.1) is 0 Å². The highest BCUT2D eigenvalue weighted by molar-refractivity contribution is 7.89.